The minimum Gasteiger partial charge on any atom is -0.465 e. The van der Waals surface area contributed by atoms with E-state index in [0.29, 0.717) is 12.5 Å². The van der Waals surface area contributed by atoms with Gasteiger partial charge in [0.15, 0.2) is 0 Å². The van der Waals surface area contributed by atoms with Crippen molar-refractivity contribution in [2.45, 2.75) is 39.3 Å². The average molecular weight is 272 g/mol. The van der Waals surface area contributed by atoms with Crippen LogP contribution in [0.25, 0.3) is 0 Å². The molecule has 0 aromatic heterocycles. The van der Waals surface area contributed by atoms with Crippen molar-refractivity contribution < 1.29 is 14.3 Å². The second-order valence-electron chi connectivity index (χ2n) is 5.50. The summed E-state index contributed by atoms with van der Waals surface area (Å²) in [5.74, 6) is 0.443. The van der Waals surface area contributed by atoms with Crippen LogP contribution in [0.1, 0.15) is 27.2 Å². The molecule has 19 heavy (non-hydrogen) atoms. The van der Waals surface area contributed by atoms with Crippen LogP contribution in [0.2, 0.25) is 0 Å². The first kappa shape index (κ1) is 16.4. The summed E-state index contributed by atoms with van der Waals surface area (Å²) in [5, 5.41) is 3.29. The molecule has 0 saturated carbocycles. The van der Waals surface area contributed by atoms with Crippen LogP contribution in [0, 0.1) is 5.92 Å². The standard InChI is InChI=1S/C14H28N2O3/c1-5-19-14(17)13(15-11(2)3)9-16-7-6-12(8-16)10-18-4/h11-13,15H,5-10H2,1-4H3. The van der Waals surface area contributed by atoms with E-state index in [1.165, 1.54) is 0 Å². The molecule has 0 aliphatic carbocycles. The normalized spacial score (nSPS) is 21.8. The molecule has 0 aromatic carbocycles. The molecule has 2 atom stereocenters. The summed E-state index contributed by atoms with van der Waals surface area (Å²) < 4.78 is 10.3. The number of ether oxygens (including phenoxy) is 2. The molecule has 5 nitrogen and oxygen atoms in total. The molecule has 1 N–H and O–H groups in total. The van der Waals surface area contributed by atoms with E-state index < -0.39 is 0 Å². The van der Waals surface area contributed by atoms with Crippen molar-refractivity contribution in [3.05, 3.63) is 0 Å². The SMILES string of the molecule is CCOC(=O)C(CN1CCC(COC)C1)NC(C)C. The molecule has 0 amide bonds. The van der Waals surface area contributed by atoms with Gasteiger partial charge < -0.3 is 19.7 Å². The van der Waals surface area contributed by atoms with Crippen LogP contribution in [-0.4, -0.2) is 62.9 Å². The van der Waals surface area contributed by atoms with Gasteiger partial charge in [0.1, 0.15) is 6.04 Å². The summed E-state index contributed by atoms with van der Waals surface area (Å²) in [6, 6.07) is 0.0352. The smallest absolute Gasteiger partial charge is 0.324 e. The molecule has 1 fully saturated rings. The van der Waals surface area contributed by atoms with Crippen molar-refractivity contribution in [2.75, 3.05) is 40.0 Å². The molecule has 1 saturated heterocycles. The first-order valence-electron chi connectivity index (χ1n) is 7.20. The molecule has 0 bridgehead atoms. The minimum atomic E-state index is -0.235. The number of likely N-dealkylation sites (tertiary alicyclic amines) is 1. The zero-order valence-electron chi connectivity index (χ0n) is 12.6. The lowest BCUT2D eigenvalue weighted by Gasteiger charge is -2.25. The van der Waals surface area contributed by atoms with Gasteiger partial charge in [0.25, 0.3) is 0 Å². The summed E-state index contributed by atoms with van der Waals surface area (Å²) in [6.07, 6.45) is 1.14. The van der Waals surface area contributed by atoms with Crippen LogP contribution < -0.4 is 5.32 Å². The van der Waals surface area contributed by atoms with E-state index >= 15 is 0 Å². The Morgan fingerprint density at radius 1 is 1.47 bits per heavy atom. The highest BCUT2D eigenvalue weighted by molar-refractivity contribution is 5.76. The molecule has 1 aliphatic heterocycles. The van der Waals surface area contributed by atoms with E-state index in [0.717, 1.165) is 32.7 Å². The lowest BCUT2D eigenvalue weighted by molar-refractivity contribution is -0.146. The summed E-state index contributed by atoms with van der Waals surface area (Å²) in [7, 11) is 1.74. The predicted octanol–water partition coefficient (Wildman–Crippen LogP) is 0.884. The fourth-order valence-corrected chi connectivity index (χ4v) is 2.55. The number of esters is 1. The van der Waals surface area contributed by atoms with Gasteiger partial charge in [-0.3, -0.25) is 4.79 Å². The van der Waals surface area contributed by atoms with Gasteiger partial charge in [-0.15, -0.1) is 0 Å². The Bertz CT molecular complexity index is 271. The van der Waals surface area contributed by atoms with Gasteiger partial charge in [0, 0.05) is 26.2 Å². The maximum Gasteiger partial charge on any atom is 0.324 e. The van der Waals surface area contributed by atoms with Gasteiger partial charge >= 0.3 is 5.97 Å². The lowest BCUT2D eigenvalue weighted by atomic mass is 10.1. The number of rotatable bonds is 8. The largest absolute Gasteiger partial charge is 0.465 e. The maximum atomic E-state index is 11.9. The second kappa shape index (κ2) is 8.51. The number of hydrogen-bond donors (Lipinski definition) is 1. The van der Waals surface area contributed by atoms with Crippen molar-refractivity contribution in [1.82, 2.24) is 10.2 Å². The van der Waals surface area contributed by atoms with Gasteiger partial charge in [0.2, 0.25) is 0 Å². The fraction of sp³-hybridized carbons (Fsp3) is 0.929. The maximum absolute atomic E-state index is 11.9. The zero-order chi connectivity index (χ0) is 14.3. The summed E-state index contributed by atoms with van der Waals surface area (Å²) in [4.78, 5) is 14.3. The Hall–Kier alpha value is -0.650. The van der Waals surface area contributed by atoms with Crippen molar-refractivity contribution in [1.29, 1.82) is 0 Å². The first-order valence-corrected chi connectivity index (χ1v) is 7.20. The first-order chi connectivity index (χ1) is 9.06. The minimum absolute atomic E-state index is 0.147. The number of methoxy groups -OCH3 is 1. The molecule has 1 rings (SSSR count). The van der Waals surface area contributed by atoms with E-state index in [-0.39, 0.29) is 18.1 Å². The number of carbonyl (C=O) groups excluding carboxylic acids is 1. The van der Waals surface area contributed by atoms with Gasteiger partial charge in [-0.05, 0) is 25.8 Å². The Balaban J connectivity index is 2.46. The number of nitrogens with one attached hydrogen (secondary N) is 1. The van der Waals surface area contributed by atoms with E-state index in [2.05, 4.69) is 10.2 Å². The monoisotopic (exact) mass is 272 g/mol. The Kier molecular flexibility index (Phi) is 7.34. The number of hydrogen-bond acceptors (Lipinski definition) is 5. The third kappa shape index (κ3) is 5.89. The van der Waals surface area contributed by atoms with E-state index in [1.54, 1.807) is 7.11 Å². The molecule has 0 spiro atoms. The van der Waals surface area contributed by atoms with Gasteiger partial charge in [-0.25, -0.2) is 0 Å². The van der Waals surface area contributed by atoms with Crippen LogP contribution in [0.3, 0.4) is 0 Å². The molecule has 1 heterocycles. The summed E-state index contributed by atoms with van der Waals surface area (Å²) in [5.41, 5.74) is 0. The highest BCUT2D eigenvalue weighted by atomic mass is 16.5. The average Bonchev–Trinajstić information content (AvgIpc) is 2.76. The van der Waals surface area contributed by atoms with E-state index in [4.69, 9.17) is 9.47 Å². The third-order valence-corrected chi connectivity index (χ3v) is 3.32. The van der Waals surface area contributed by atoms with Crippen LogP contribution in [0.4, 0.5) is 0 Å². The molecule has 0 aromatic rings. The molecule has 5 heteroatoms. The molecule has 0 radical (unpaired) electrons. The fourth-order valence-electron chi connectivity index (χ4n) is 2.55. The van der Waals surface area contributed by atoms with Crippen molar-refractivity contribution in [2.24, 2.45) is 5.92 Å². The highest BCUT2D eigenvalue weighted by Crippen LogP contribution is 2.16. The van der Waals surface area contributed by atoms with Crippen molar-refractivity contribution in [3.8, 4) is 0 Å². The molecular weight excluding hydrogens is 244 g/mol. The van der Waals surface area contributed by atoms with Gasteiger partial charge in [-0.1, -0.05) is 13.8 Å². The molecule has 2 unspecified atom stereocenters. The van der Waals surface area contributed by atoms with Crippen LogP contribution in [0.5, 0.6) is 0 Å². The van der Waals surface area contributed by atoms with E-state index in [1.807, 2.05) is 20.8 Å². The van der Waals surface area contributed by atoms with Crippen LogP contribution in [-0.2, 0) is 14.3 Å². The second-order valence-corrected chi connectivity index (χ2v) is 5.50. The predicted molar refractivity (Wildman–Crippen MR) is 75.1 cm³/mol. The number of nitrogens with zero attached hydrogens (tertiary/aromatic N) is 1. The van der Waals surface area contributed by atoms with Crippen molar-refractivity contribution >= 4 is 5.97 Å². The molecule has 112 valence electrons. The lowest BCUT2D eigenvalue weighted by Crippen LogP contribution is -2.49. The van der Waals surface area contributed by atoms with Crippen LogP contribution >= 0.6 is 0 Å². The Morgan fingerprint density at radius 3 is 2.79 bits per heavy atom. The Labute approximate surface area is 116 Å². The quantitative estimate of drug-likeness (QED) is 0.665. The Morgan fingerprint density at radius 2 is 2.21 bits per heavy atom. The summed E-state index contributed by atoms with van der Waals surface area (Å²) in [6.45, 7) is 9.92. The molecular formula is C14H28N2O3. The van der Waals surface area contributed by atoms with Gasteiger partial charge in [-0.2, -0.15) is 0 Å². The van der Waals surface area contributed by atoms with Crippen molar-refractivity contribution in [3.63, 3.8) is 0 Å². The topological polar surface area (TPSA) is 50.8 Å². The third-order valence-electron chi connectivity index (χ3n) is 3.32. The summed E-state index contributed by atoms with van der Waals surface area (Å²) >= 11 is 0. The van der Waals surface area contributed by atoms with Crippen LogP contribution in [0.15, 0.2) is 0 Å². The van der Waals surface area contributed by atoms with Gasteiger partial charge in [0.05, 0.1) is 13.2 Å². The molecule has 1 aliphatic rings. The zero-order valence-corrected chi connectivity index (χ0v) is 12.6. The van der Waals surface area contributed by atoms with E-state index in [9.17, 15) is 4.79 Å². The number of carbonyl (C=O) groups is 1. The highest BCUT2D eigenvalue weighted by Gasteiger charge is 2.28.